The number of fused-ring (bicyclic) bond motifs is 1. The lowest BCUT2D eigenvalue weighted by Gasteiger charge is -2.10. The predicted octanol–water partition coefficient (Wildman–Crippen LogP) is 5.49. The Hall–Kier alpha value is -2.47. The molecule has 1 N–H and O–H groups in total. The van der Waals surface area contributed by atoms with E-state index in [9.17, 15) is 13.2 Å². The molecule has 1 aliphatic heterocycles. The Kier molecular flexibility index (Phi) is 3.95. The molecule has 0 saturated heterocycles. The number of alkyl halides is 3. The number of nitrogens with one attached hydrogen (secondary N) is 1. The summed E-state index contributed by atoms with van der Waals surface area (Å²) in [6.45, 7) is 2.70. The van der Waals surface area contributed by atoms with E-state index in [1.54, 1.807) is 4.68 Å². The Labute approximate surface area is 153 Å². The zero-order valence-electron chi connectivity index (χ0n) is 13.9. The average Bonchev–Trinajstić information content (AvgIpc) is 3.18. The van der Waals surface area contributed by atoms with Crippen LogP contribution in [0.15, 0.2) is 42.5 Å². The molecule has 0 amide bonds. The number of anilines is 1. The Morgan fingerprint density at radius 2 is 1.85 bits per heavy atom. The van der Waals surface area contributed by atoms with Crippen LogP contribution in [0.2, 0.25) is 5.02 Å². The van der Waals surface area contributed by atoms with Crippen molar-refractivity contribution in [1.82, 2.24) is 9.78 Å². The minimum absolute atomic E-state index is 0.251. The van der Waals surface area contributed by atoms with Gasteiger partial charge in [-0.3, -0.25) is 0 Å². The molecular weight excluding hydrogens is 363 g/mol. The molecule has 1 aromatic heterocycles. The first kappa shape index (κ1) is 17.0. The summed E-state index contributed by atoms with van der Waals surface area (Å²) in [6, 6.07) is 11.1. The molecule has 26 heavy (non-hydrogen) atoms. The van der Waals surface area contributed by atoms with Gasteiger partial charge in [0.1, 0.15) is 5.82 Å². The number of aryl methyl sites for hydroxylation is 1. The third-order valence-electron chi connectivity index (χ3n) is 4.48. The van der Waals surface area contributed by atoms with Crippen molar-refractivity contribution in [3.8, 4) is 16.9 Å². The van der Waals surface area contributed by atoms with Gasteiger partial charge < -0.3 is 5.32 Å². The van der Waals surface area contributed by atoms with Crippen molar-refractivity contribution in [3.63, 3.8) is 0 Å². The molecule has 4 rings (SSSR count). The first-order valence-corrected chi connectivity index (χ1v) is 8.52. The topological polar surface area (TPSA) is 29.9 Å². The highest BCUT2D eigenvalue weighted by Crippen LogP contribution is 2.40. The maximum atomic E-state index is 13.1. The quantitative estimate of drug-likeness (QED) is 0.640. The van der Waals surface area contributed by atoms with E-state index in [-0.39, 0.29) is 5.02 Å². The standard InChI is InChI=1S/C19H15ClF3N3/c1-11-2-5-13(6-3-11)26-18-14(8-9-24-18)17(25-26)15-10-12(19(21,22)23)4-7-16(15)20/h2-7,10,24H,8-9H2,1H3. The van der Waals surface area contributed by atoms with Crippen molar-refractivity contribution in [1.29, 1.82) is 0 Å². The highest BCUT2D eigenvalue weighted by atomic mass is 35.5. The average molecular weight is 378 g/mol. The number of nitrogens with zero attached hydrogens (tertiary/aromatic N) is 2. The van der Waals surface area contributed by atoms with Crippen molar-refractivity contribution in [2.75, 3.05) is 11.9 Å². The van der Waals surface area contributed by atoms with Crippen LogP contribution in [0.3, 0.4) is 0 Å². The lowest BCUT2D eigenvalue weighted by molar-refractivity contribution is -0.137. The Bertz CT molecular complexity index is 975. The number of hydrogen-bond donors (Lipinski definition) is 1. The minimum Gasteiger partial charge on any atom is -0.369 e. The maximum absolute atomic E-state index is 13.1. The van der Waals surface area contributed by atoms with Crippen LogP contribution in [0.25, 0.3) is 16.9 Å². The molecule has 0 radical (unpaired) electrons. The second-order valence-corrected chi connectivity index (χ2v) is 6.70. The fourth-order valence-electron chi connectivity index (χ4n) is 3.15. The van der Waals surface area contributed by atoms with Crippen molar-refractivity contribution in [2.24, 2.45) is 0 Å². The van der Waals surface area contributed by atoms with E-state index in [1.165, 1.54) is 6.07 Å². The Morgan fingerprint density at radius 3 is 2.54 bits per heavy atom. The minimum atomic E-state index is -4.43. The van der Waals surface area contributed by atoms with Crippen molar-refractivity contribution in [3.05, 3.63) is 64.2 Å². The van der Waals surface area contributed by atoms with Gasteiger partial charge in [-0.1, -0.05) is 29.3 Å². The zero-order valence-corrected chi connectivity index (χ0v) is 14.6. The highest BCUT2D eigenvalue weighted by molar-refractivity contribution is 6.33. The van der Waals surface area contributed by atoms with Gasteiger partial charge in [0, 0.05) is 17.7 Å². The summed E-state index contributed by atoms with van der Waals surface area (Å²) in [4.78, 5) is 0. The van der Waals surface area contributed by atoms with Gasteiger partial charge in [0.05, 0.1) is 22.0 Å². The SMILES string of the molecule is Cc1ccc(-n2nc(-c3cc(C(F)(F)F)ccc3Cl)c3c2NCC3)cc1. The van der Waals surface area contributed by atoms with Crippen LogP contribution >= 0.6 is 11.6 Å². The van der Waals surface area contributed by atoms with E-state index in [2.05, 4.69) is 10.4 Å². The monoisotopic (exact) mass is 377 g/mol. The van der Waals surface area contributed by atoms with E-state index in [4.69, 9.17) is 11.6 Å². The molecule has 3 aromatic rings. The fourth-order valence-corrected chi connectivity index (χ4v) is 3.35. The maximum Gasteiger partial charge on any atom is 0.416 e. The van der Waals surface area contributed by atoms with Crippen molar-refractivity contribution in [2.45, 2.75) is 19.5 Å². The summed E-state index contributed by atoms with van der Waals surface area (Å²) >= 11 is 6.22. The molecule has 0 aliphatic carbocycles. The number of halogens is 4. The summed E-state index contributed by atoms with van der Waals surface area (Å²) < 4.78 is 41.1. The van der Waals surface area contributed by atoms with Crippen LogP contribution < -0.4 is 5.32 Å². The summed E-state index contributed by atoms with van der Waals surface area (Å²) in [6.07, 6.45) is -3.75. The van der Waals surface area contributed by atoms with Crippen molar-refractivity contribution >= 4 is 17.4 Å². The van der Waals surface area contributed by atoms with E-state index in [0.29, 0.717) is 24.2 Å². The molecule has 134 valence electrons. The molecule has 0 unspecified atom stereocenters. The smallest absolute Gasteiger partial charge is 0.369 e. The predicted molar refractivity (Wildman–Crippen MR) is 95.9 cm³/mol. The number of hydrogen-bond acceptors (Lipinski definition) is 2. The summed E-state index contributed by atoms with van der Waals surface area (Å²) in [5.41, 5.74) is 2.89. The third kappa shape index (κ3) is 2.84. The number of benzene rings is 2. The Morgan fingerprint density at radius 1 is 1.12 bits per heavy atom. The molecule has 0 saturated carbocycles. The molecule has 0 spiro atoms. The van der Waals surface area contributed by atoms with Crippen LogP contribution in [0.4, 0.5) is 19.0 Å². The molecule has 2 heterocycles. The van der Waals surface area contributed by atoms with Gasteiger partial charge in [-0.25, -0.2) is 4.68 Å². The lowest BCUT2D eigenvalue weighted by atomic mass is 10.0. The number of aromatic nitrogens is 2. The second-order valence-electron chi connectivity index (χ2n) is 6.29. The molecule has 0 atom stereocenters. The summed E-state index contributed by atoms with van der Waals surface area (Å²) in [5.74, 6) is 0.803. The van der Waals surface area contributed by atoms with E-state index < -0.39 is 11.7 Å². The fraction of sp³-hybridized carbons (Fsp3) is 0.211. The lowest BCUT2D eigenvalue weighted by Crippen LogP contribution is -2.06. The highest BCUT2D eigenvalue weighted by Gasteiger charge is 2.32. The molecule has 2 aromatic carbocycles. The summed E-state index contributed by atoms with van der Waals surface area (Å²) in [7, 11) is 0. The third-order valence-corrected chi connectivity index (χ3v) is 4.81. The second kappa shape index (κ2) is 6.06. The largest absolute Gasteiger partial charge is 0.416 e. The summed E-state index contributed by atoms with van der Waals surface area (Å²) in [5, 5.41) is 8.11. The molecule has 0 bridgehead atoms. The van der Waals surface area contributed by atoms with Gasteiger partial charge in [-0.15, -0.1) is 0 Å². The van der Waals surface area contributed by atoms with Crippen LogP contribution in [-0.4, -0.2) is 16.3 Å². The van der Waals surface area contributed by atoms with E-state index >= 15 is 0 Å². The van der Waals surface area contributed by atoms with E-state index in [1.807, 2.05) is 31.2 Å². The zero-order chi connectivity index (χ0) is 18.5. The van der Waals surface area contributed by atoms with Crippen LogP contribution in [0.5, 0.6) is 0 Å². The van der Waals surface area contributed by atoms with Gasteiger partial charge in [0.25, 0.3) is 0 Å². The molecule has 7 heteroatoms. The Balaban J connectivity index is 1.89. The normalized spacial score (nSPS) is 13.6. The molecular formula is C19H15ClF3N3. The number of rotatable bonds is 2. The van der Waals surface area contributed by atoms with Gasteiger partial charge in [-0.05, 0) is 43.7 Å². The molecule has 1 aliphatic rings. The van der Waals surface area contributed by atoms with Gasteiger partial charge in [0.2, 0.25) is 0 Å². The first-order valence-electron chi connectivity index (χ1n) is 8.14. The van der Waals surface area contributed by atoms with Crippen LogP contribution in [-0.2, 0) is 12.6 Å². The first-order chi connectivity index (χ1) is 12.3. The molecule has 0 fully saturated rings. The van der Waals surface area contributed by atoms with Crippen LogP contribution in [0, 0.1) is 6.92 Å². The van der Waals surface area contributed by atoms with Crippen molar-refractivity contribution < 1.29 is 13.2 Å². The van der Waals surface area contributed by atoms with Crippen LogP contribution in [0.1, 0.15) is 16.7 Å². The van der Waals surface area contributed by atoms with Gasteiger partial charge >= 0.3 is 6.18 Å². The molecule has 3 nitrogen and oxygen atoms in total. The van der Waals surface area contributed by atoms with Gasteiger partial charge in [0.15, 0.2) is 0 Å². The van der Waals surface area contributed by atoms with E-state index in [0.717, 1.165) is 34.8 Å². The van der Waals surface area contributed by atoms with Gasteiger partial charge in [-0.2, -0.15) is 18.3 Å².